The fourth-order valence-corrected chi connectivity index (χ4v) is 4.91. The standard InChI is InChI=1S/C22H28O4S/c1-16-9-11-22(24,19(23)10-14-27-17-7-5-4-6-8-17)21(2,3)20(16)18-15-25-12-13-26-18/h4-8,15,24H,9-14H2,1-3H3. The smallest absolute Gasteiger partial charge is 0.166 e. The van der Waals surface area contributed by atoms with Crippen molar-refractivity contribution in [2.24, 2.45) is 5.41 Å². The Morgan fingerprint density at radius 1 is 1.22 bits per heavy atom. The van der Waals surface area contributed by atoms with Gasteiger partial charge in [-0.2, -0.15) is 0 Å². The first-order valence-corrected chi connectivity index (χ1v) is 10.4. The van der Waals surface area contributed by atoms with Crippen LogP contribution in [0.1, 0.15) is 40.0 Å². The average molecular weight is 389 g/mol. The van der Waals surface area contributed by atoms with Crippen LogP contribution in [-0.2, 0) is 14.3 Å². The lowest BCUT2D eigenvalue weighted by Gasteiger charge is -2.47. The second-order valence-corrected chi connectivity index (χ2v) is 8.84. The zero-order chi connectivity index (χ0) is 19.5. The number of benzene rings is 1. The topological polar surface area (TPSA) is 55.8 Å². The van der Waals surface area contributed by atoms with Gasteiger partial charge in [0.05, 0.1) is 0 Å². The highest BCUT2D eigenvalue weighted by atomic mass is 32.2. The van der Waals surface area contributed by atoms with Gasteiger partial charge in [0, 0.05) is 28.1 Å². The Morgan fingerprint density at radius 2 is 1.96 bits per heavy atom. The molecule has 0 radical (unpaired) electrons. The molecule has 1 heterocycles. The van der Waals surface area contributed by atoms with E-state index in [4.69, 9.17) is 9.47 Å². The fraction of sp³-hybridized carbons (Fsp3) is 0.500. The van der Waals surface area contributed by atoms with Gasteiger partial charge in [-0.05, 0) is 31.9 Å². The van der Waals surface area contributed by atoms with Crippen LogP contribution in [0.5, 0.6) is 0 Å². The second-order valence-electron chi connectivity index (χ2n) is 7.68. The number of thioether (sulfide) groups is 1. The molecule has 1 aromatic rings. The Kier molecular flexibility index (Phi) is 6.02. The maximum atomic E-state index is 13.1. The highest BCUT2D eigenvalue weighted by Gasteiger charge is 2.54. The minimum Gasteiger partial charge on any atom is -0.494 e. The van der Waals surface area contributed by atoms with E-state index in [1.54, 1.807) is 18.0 Å². The number of ketones is 1. The van der Waals surface area contributed by atoms with Crippen molar-refractivity contribution in [2.45, 2.75) is 50.5 Å². The number of Topliss-reactive ketones (excluding diaryl/α,β-unsaturated/α-hetero) is 1. The second kappa shape index (κ2) is 8.11. The molecule has 1 aliphatic carbocycles. The SMILES string of the molecule is CC1=C(C2=COCCO2)C(C)(C)C(O)(C(=O)CCSc2ccccc2)CC1. The van der Waals surface area contributed by atoms with E-state index in [0.717, 1.165) is 16.0 Å². The summed E-state index contributed by atoms with van der Waals surface area (Å²) in [5.74, 6) is 1.20. The van der Waals surface area contributed by atoms with Crippen LogP contribution in [0.3, 0.4) is 0 Å². The molecule has 1 N–H and O–H groups in total. The molecule has 0 amide bonds. The first-order chi connectivity index (χ1) is 12.9. The molecule has 0 spiro atoms. The summed E-state index contributed by atoms with van der Waals surface area (Å²) in [7, 11) is 0. The summed E-state index contributed by atoms with van der Waals surface area (Å²) in [6.45, 7) is 6.93. The predicted molar refractivity (Wildman–Crippen MR) is 107 cm³/mol. The van der Waals surface area contributed by atoms with Gasteiger partial charge >= 0.3 is 0 Å². The number of carbonyl (C=O) groups excluding carboxylic acids is 1. The van der Waals surface area contributed by atoms with Crippen LogP contribution >= 0.6 is 11.8 Å². The molecule has 1 atom stereocenters. The summed E-state index contributed by atoms with van der Waals surface area (Å²) in [5.41, 5.74) is -0.0928. The average Bonchev–Trinajstić information content (AvgIpc) is 2.66. The molecule has 146 valence electrons. The minimum atomic E-state index is -1.40. The molecule has 4 nitrogen and oxygen atoms in total. The Balaban J connectivity index is 1.75. The molecule has 1 aliphatic heterocycles. The first-order valence-electron chi connectivity index (χ1n) is 9.45. The molecule has 3 rings (SSSR count). The normalized spacial score (nSPS) is 24.7. The molecule has 1 unspecified atom stereocenters. The monoisotopic (exact) mass is 388 g/mol. The van der Waals surface area contributed by atoms with Crippen LogP contribution in [0.15, 0.2) is 58.4 Å². The summed E-state index contributed by atoms with van der Waals surface area (Å²) in [5, 5.41) is 11.5. The van der Waals surface area contributed by atoms with E-state index in [0.29, 0.717) is 44.0 Å². The lowest BCUT2D eigenvalue weighted by molar-refractivity contribution is -0.150. The van der Waals surface area contributed by atoms with Gasteiger partial charge in [0.2, 0.25) is 0 Å². The molecule has 0 bridgehead atoms. The van der Waals surface area contributed by atoms with E-state index >= 15 is 0 Å². The van der Waals surface area contributed by atoms with Crippen LogP contribution in [0.25, 0.3) is 0 Å². The lowest BCUT2D eigenvalue weighted by atomic mass is 9.60. The zero-order valence-corrected chi connectivity index (χ0v) is 17.1. The van der Waals surface area contributed by atoms with Gasteiger partial charge in [-0.25, -0.2) is 0 Å². The van der Waals surface area contributed by atoms with E-state index in [9.17, 15) is 9.90 Å². The number of aliphatic hydroxyl groups is 1. The van der Waals surface area contributed by atoms with Crippen LogP contribution in [0.2, 0.25) is 0 Å². The minimum absolute atomic E-state index is 0.0988. The van der Waals surface area contributed by atoms with Gasteiger partial charge < -0.3 is 14.6 Å². The van der Waals surface area contributed by atoms with E-state index in [2.05, 4.69) is 0 Å². The summed E-state index contributed by atoms with van der Waals surface area (Å²) < 4.78 is 11.2. The third kappa shape index (κ3) is 3.94. The maximum absolute atomic E-state index is 13.1. The molecule has 27 heavy (non-hydrogen) atoms. The van der Waals surface area contributed by atoms with Crippen molar-refractivity contribution in [1.82, 2.24) is 0 Å². The Hall–Kier alpha value is -1.72. The first kappa shape index (κ1) is 20.0. The Bertz CT molecular complexity index is 751. The number of ether oxygens (including phenoxy) is 2. The Morgan fingerprint density at radius 3 is 2.63 bits per heavy atom. The van der Waals surface area contributed by atoms with Gasteiger partial charge in [-0.15, -0.1) is 11.8 Å². The number of rotatable bonds is 6. The van der Waals surface area contributed by atoms with Crippen molar-refractivity contribution < 1.29 is 19.4 Å². The van der Waals surface area contributed by atoms with Crippen LogP contribution < -0.4 is 0 Å². The molecule has 1 aromatic carbocycles. The fourth-order valence-electron chi connectivity index (χ4n) is 4.04. The molecule has 0 saturated carbocycles. The lowest BCUT2D eigenvalue weighted by Crippen LogP contribution is -2.55. The third-order valence-electron chi connectivity index (χ3n) is 5.65. The van der Waals surface area contributed by atoms with E-state index in [-0.39, 0.29) is 5.78 Å². The van der Waals surface area contributed by atoms with Crippen molar-refractivity contribution >= 4 is 17.5 Å². The highest BCUT2D eigenvalue weighted by molar-refractivity contribution is 7.99. The number of hydrogen-bond donors (Lipinski definition) is 1. The van der Waals surface area contributed by atoms with Crippen molar-refractivity contribution in [3.63, 3.8) is 0 Å². The molecular weight excluding hydrogens is 360 g/mol. The van der Waals surface area contributed by atoms with Crippen LogP contribution in [0, 0.1) is 5.41 Å². The van der Waals surface area contributed by atoms with Gasteiger partial charge in [-0.3, -0.25) is 4.79 Å². The zero-order valence-electron chi connectivity index (χ0n) is 16.3. The van der Waals surface area contributed by atoms with Gasteiger partial charge in [-0.1, -0.05) is 37.6 Å². The van der Waals surface area contributed by atoms with Crippen molar-refractivity contribution in [3.05, 3.63) is 53.5 Å². The Labute approximate surface area is 165 Å². The quantitative estimate of drug-likeness (QED) is 0.728. The number of hydrogen-bond acceptors (Lipinski definition) is 5. The molecule has 2 aliphatic rings. The van der Waals surface area contributed by atoms with Crippen LogP contribution in [-0.4, -0.2) is 35.5 Å². The van der Waals surface area contributed by atoms with Gasteiger partial charge in [0.15, 0.2) is 11.5 Å². The molecule has 0 aromatic heterocycles. The van der Waals surface area contributed by atoms with Crippen molar-refractivity contribution in [2.75, 3.05) is 19.0 Å². The van der Waals surface area contributed by atoms with Gasteiger partial charge in [0.1, 0.15) is 25.1 Å². The number of allylic oxidation sites excluding steroid dienone is 2. The maximum Gasteiger partial charge on any atom is 0.166 e. The predicted octanol–water partition coefficient (Wildman–Crippen LogP) is 4.49. The molecule has 0 saturated heterocycles. The van der Waals surface area contributed by atoms with E-state index in [1.807, 2.05) is 51.1 Å². The van der Waals surface area contributed by atoms with Gasteiger partial charge in [0.25, 0.3) is 0 Å². The summed E-state index contributed by atoms with van der Waals surface area (Å²) in [4.78, 5) is 14.2. The molecular formula is C22H28O4S. The molecule has 0 fully saturated rings. The summed E-state index contributed by atoms with van der Waals surface area (Å²) >= 11 is 1.64. The largest absolute Gasteiger partial charge is 0.494 e. The number of carbonyl (C=O) groups is 1. The summed E-state index contributed by atoms with van der Waals surface area (Å²) in [6.07, 6.45) is 3.07. The van der Waals surface area contributed by atoms with E-state index < -0.39 is 11.0 Å². The third-order valence-corrected chi connectivity index (χ3v) is 6.66. The molecule has 5 heteroatoms. The van der Waals surface area contributed by atoms with Crippen molar-refractivity contribution in [3.8, 4) is 0 Å². The highest BCUT2D eigenvalue weighted by Crippen LogP contribution is 2.51. The van der Waals surface area contributed by atoms with Crippen LogP contribution in [0.4, 0.5) is 0 Å². The van der Waals surface area contributed by atoms with Crippen molar-refractivity contribution in [1.29, 1.82) is 0 Å². The van der Waals surface area contributed by atoms with E-state index in [1.165, 1.54) is 0 Å². The summed E-state index contributed by atoms with van der Waals surface area (Å²) in [6, 6.07) is 10.0.